The lowest BCUT2D eigenvalue weighted by atomic mass is 10.1. The Balaban J connectivity index is 1.31. The van der Waals surface area contributed by atoms with Crippen LogP contribution in [0.5, 0.6) is 0 Å². The van der Waals surface area contributed by atoms with Crippen LogP contribution in [0, 0.1) is 0 Å². The van der Waals surface area contributed by atoms with E-state index in [-0.39, 0.29) is 41.3 Å². The number of morpholine rings is 1. The van der Waals surface area contributed by atoms with Crippen LogP contribution in [0.2, 0.25) is 0 Å². The Hall–Kier alpha value is -4.62. The van der Waals surface area contributed by atoms with Gasteiger partial charge in [0.1, 0.15) is 17.3 Å². The van der Waals surface area contributed by atoms with Gasteiger partial charge in [-0.3, -0.25) is 19.5 Å². The van der Waals surface area contributed by atoms with Gasteiger partial charge in [-0.25, -0.2) is 14.8 Å². The maximum atomic E-state index is 13.2. The molecular weight excluding hydrogens is 456 g/mol. The number of aromatic amines is 1. The fraction of sp³-hybridized carbons (Fsp3) is 0.182. The fourth-order valence-electron chi connectivity index (χ4n) is 4.09. The number of pyridine rings is 1. The van der Waals surface area contributed by atoms with Crippen LogP contribution in [0.25, 0.3) is 27.6 Å². The van der Waals surface area contributed by atoms with Crippen molar-refractivity contribution in [1.29, 1.82) is 0 Å². The summed E-state index contributed by atoms with van der Waals surface area (Å²) in [7, 11) is 0. The van der Waals surface area contributed by atoms with Crippen molar-refractivity contribution in [2.75, 3.05) is 23.8 Å². The number of aliphatic hydroxyl groups is 1. The van der Waals surface area contributed by atoms with Crippen molar-refractivity contribution in [3.05, 3.63) is 65.1 Å². The summed E-state index contributed by atoms with van der Waals surface area (Å²) in [5.41, 5.74) is 6.37. The van der Waals surface area contributed by atoms with Crippen LogP contribution in [-0.4, -0.2) is 60.2 Å². The van der Waals surface area contributed by atoms with Crippen LogP contribution in [0.15, 0.2) is 58.2 Å². The predicted octanol–water partition coefficient (Wildman–Crippen LogP) is 0.693. The van der Waals surface area contributed by atoms with Gasteiger partial charge in [-0.15, -0.1) is 5.10 Å². The largest absolute Gasteiger partial charge is 0.382 e. The molecule has 5 aromatic rings. The summed E-state index contributed by atoms with van der Waals surface area (Å²) in [6.07, 6.45) is 2.10. The number of H-pyrrole nitrogens is 1. The molecule has 1 unspecified atom stereocenters. The van der Waals surface area contributed by atoms with E-state index in [1.165, 1.54) is 4.90 Å². The SMILES string of the molecule is Nc1[nH]oc2c1ccc1nc(C(O)[C@H]3OCCN(c4ccn(-c5ccncc5)n4)C3=O)nc(=O)c12. The van der Waals surface area contributed by atoms with Gasteiger partial charge in [0, 0.05) is 24.7 Å². The highest BCUT2D eigenvalue weighted by molar-refractivity contribution is 6.05. The second-order valence-electron chi connectivity index (χ2n) is 7.89. The predicted molar refractivity (Wildman–Crippen MR) is 123 cm³/mol. The maximum absolute atomic E-state index is 13.2. The van der Waals surface area contributed by atoms with E-state index in [1.807, 2.05) is 0 Å². The molecule has 0 bridgehead atoms. The second-order valence-corrected chi connectivity index (χ2v) is 7.89. The lowest BCUT2D eigenvalue weighted by Crippen LogP contribution is -2.50. The standard InChI is InChI=1S/C22H18N8O5/c23-19-12-1-2-13-15(17(12)35-28-19)21(32)26-20(25-13)16(31)18-22(33)29(9-10-34-18)14-5-8-30(27-14)11-3-6-24-7-4-11/h1-8,16,18,28,31H,9-10,23H2/t16?,18-/m1/s1. The lowest BCUT2D eigenvalue weighted by Gasteiger charge is -2.32. The molecule has 2 atom stereocenters. The first-order valence-corrected chi connectivity index (χ1v) is 10.7. The Bertz CT molecular complexity index is 1630. The first kappa shape index (κ1) is 20.9. The summed E-state index contributed by atoms with van der Waals surface area (Å²) in [6, 6.07) is 8.46. The molecule has 13 heteroatoms. The quantitative estimate of drug-likeness (QED) is 0.336. The van der Waals surface area contributed by atoms with Crippen LogP contribution in [0.3, 0.4) is 0 Å². The molecule has 13 nitrogen and oxygen atoms in total. The summed E-state index contributed by atoms with van der Waals surface area (Å²) in [5.74, 6) is -0.0972. The van der Waals surface area contributed by atoms with E-state index in [0.717, 1.165) is 5.69 Å². The van der Waals surface area contributed by atoms with Crippen molar-refractivity contribution >= 4 is 39.4 Å². The summed E-state index contributed by atoms with van der Waals surface area (Å²) < 4.78 is 12.5. The van der Waals surface area contributed by atoms with Crippen LogP contribution in [-0.2, 0) is 9.53 Å². The molecule has 6 rings (SSSR count). The van der Waals surface area contributed by atoms with Crippen molar-refractivity contribution < 1.29 is 19.2 Å². The molecule has 1 saturated heterocycles. The molecule has 35 heavy (non-hydrogen) atoms. The van der Waals surface area contributed by atoms with Crippen molar-refractivity contribution in [1.82, 2.24) is 29.9 Å². The van der Waals surface area contributed by atoms with Crippen LogP contribution < -0.4 is 16.2 Å². The van der Waals surface area contributed by atoms with Crippen LogP contribution in [0.1, 0.15) is 11.9 Å². The van der Waals surface area contributed by atoms with Gasteiger partial charge in [0.2, 0.25) is 0 Å². The Morgan fingerprint density at radius 2 is 1.97 bits per heavy atom. The van der Waals surface area contributed by atoms with Gasteiger partial charge in [0.15, 0.2) is 23.3 Å². The molecule has 1 aliphatic rings. The number of carbonyl (C=O) groups excluding carboxylic acids is 1. The molecular formula is C22H18N8O5. The van der Waals surface area contributed by atoms with E-state index >= 15 is 0 Å². The molecule has 1 fully saturated rings. The number of hydrogen-bond acceptors (Lipinski definition) is 10. The molecule has 1 amide bonds. The average molecular weight is 474 g/mol. The number of nitrogens with two attached hydrogens (primary N) is 1. The number of benzene rings is 1. The topological polar surface area (TPSA) is 178 Å². The molecule has 4 N–H and O–H groups in total. The number of amides is 1. The summed E-state index contributed by atoms with van der Waals surface area (Å²) in [6.45, 7) is 0.394. The Kier molecular flexibility index (Phi) is 4.79. The number of nitrogens with one attached hydrogen (secondary N) is 1. The molecule has 0 spiro atoms. The fourth-order valence-corrected chi connectivity index (χ4v) is 4.09. The highest BCUT2D eigenvalue weighted by Crippen LogP contribution is 2.28. The van der Waals surface area contributed by atoms with Gasteiger partial charge in [0.25, 0.3) is 11.5 Å². The molecule has 0 saturated carbocycles. The number of anilines is 2. The number of rotatable bonds is 4. The minimum absolute atomic E-state index is 0.116. The number of aliphatic hydroxyl groups excluding tert-OH is 1. The van der Waals surface area contributed by atoms with E-state index in [2.05, 4.69) is 25.2 Å². The number of aromatic nitrogens is 6. The van der Waals surface area contributed by atoms with Gasteiger partial charge in [0.05, 0.1) is 29.7 Å². The Morgan fingerprint density at radius 1 is 1.14 bits per heavy atom. The minimum Gasteiger partial charge on any atom is -0.382 e. The summed E-state index contributed by atoms with van der Waals surface area (Å²) in [5, 5.41) is 18.5. The van der Waals surface area contributed by atoms with E-state index in [0.29, 0.717) is 11.2 Å². The molecule has 1 aliphatic heterocycles. The zero-order valence-electron chi connectivity index (χ0n) is 18.0. The molecule has 0 radical (unpaired) electrons. The van der Waals surface area contributed by atoms with Crippen molar-refractivity contribution in [3.8, 4) is 5.69 Å². The first-order chi connectivity index (χ1) is 17.0. The third-order valence-corrected chi connectivity index (χ3v) is 5.81. The Labute approximate surface area is 195 Å². The molecule has 4 aromatic heterocycles. The monoisotopic (exact) mass is 474 g/mol. The van der Waals surface area contributed by atoms with E-state index in [4.69, 9.17) is 15.0 Å². The van der Waals surface area contributed by atoms with Gasteiger partial charge in [-0.1, -0.05) is 0 Å². The lowest BCUT2D eigenvalue weighted by molar-refractivity contribution is -0.143. The summed E-state index contributed by atoms with van der Waals surface area (Å²) >= 11 is 0. The number of carbonyl (C=O) groups is 1. The van der Waals surface area contributed by atoms with Crippen LogP contribution in [0.4, 0.5) is 11.6 Å². The summed E-state index contributed by atoms with van der Waals surface area (Å²) in [4.78, 5) is 39.6. The second kappa shape index (κ2) is 8.00. The molecule has 5 heterocycles. The zero-order valence-corrected chi connectivity index (χ0v) is 18.0. The van der Waals surface area contributed by atoms with Gasteiger partial charge in [-0.05, 0) is 24.3 Å². The van der Waals surface area contributed by atoms with Gasteiger partial charge < -0.3 is 20.1 Å². The Morgan fingerprint density at radius 3 is 2.80 bits per heavy atom. The third-order valence-electron chi connectivity index (χ3n) is 5.81. The number of hydrogen-bond donors (Lipinski definition) is 3. The molecule has 176 valence electrons. The van der Waals surface area contributed by atoms with E-state index < -0.39 is 23.7 Å². The van der Waals surface area contributed by atoms with Gasteiger partial charge >= 0.3 is 0 Å². The molecule has 0 aliphatic carbocycles. The third kappa shape index (κ3) is 3.41. The molecule has 1 aromatic carbocycles. The van der Waals surface area contributed by atoms with Crippen molar-refractivity contribution in [3.63, 3.8) is 0 Å². The highest BCUT2D eigenvalue weighted by atomic mass is 16.5. The highest BCUT2D eigenvalue weighted by Gasteiger charge is 2.39. The minimum atomic E-state index is -1.58. The number of nitrogens with zero attached hydrogens (tertiary/aromatic N) is 6. The van der Waals surface area contributed by atoms with Crippen LogP contribution >= 0.6 is 0 Å². The first-order valence-electron chi connectivity index (χ1n) is 10.7. The van der Waals surface area contributed by atoms with Crippen molar-refractivity contribution in [2.45, 2.75) is 12.2 Å². The number of nitrogen functional groups attached to an aromatic ring is 1. The number of ether oxygens (including phenoxy) is 1. The zero-order chi connectivity index (χ0) is 24.1. The van der Waals surface area contributed by atoms with E-state index in [1.54, 1.807) is 53.6 Å². The normalized spacial score (nSPS) is 17.3. The van der Waals surface area contributed by atoms with Gasteiger partial charge in [-0.2, -0.15) is 4.98 Å². The van der Waals surface area contributed by atoms with Crippen molar-refractivity contribution in [2.24, 2.45) is 0 Å². The smallest absolute Gasteiger partial charge is 0.284 e. The maximum Gasteiger partial charge on any atom is 0.284 e. The number of fused-ring (bicyclic) bond motifs is 3. The average Bonchev–Trinajstić information content (AvgIpc) is 3.51. The van der Waals surface area contributed by atoms with E-state index in [9.17, 15) is 14.7 Å².